The third-order valence-electron chi connectivity index (χ3n) is 9.24. The van der Waals surface area contributed by atoms with Gasteiger partial charge in [-0.3, -0.25) is 14.5 Å². The highest BCUT2D eigenvalue weighted by molar-refractivity contribution is 6.31. The van der Waals surface area contributed by atoms with E-state index >= 15 is 0 Å². The molecule has 0 radical (unpaired) electrons. The summed E-state index contributed by atoms with van der Waals surface area (Å²) in [6.45, 7) is 10.4. The normalized spacial score (nSPS) is 20.2. The molecule has 16 heteroatoms. The fourth-order valence-electron chi connectivity index (χ4n) is 6.48. The minimum atomic E-state index is -2.02. The van der Waals surface area contributed by atoms with Gasteiger partial charge in [0, 0.05) is 60.1 Å². The van der Waals surface area contributed by atoms with Crippen molar-refractivity contribution in [3.8, 4) is 5.75 Å². The second-order valence-electron chi connectivity index (χ2n) is 14.0. The molecule has 0 aromatic heterocycles. The van der Waals surface area contributed by atoms with Crippen molar-refractivity contribution in [2.24, 2.45) is 0 Å². The van der Waals surface area contributed by atoms with Gasteiger partial charge in [0.2, 0.25) is 0 Å². The van der Waals surface area contributed by atoms with Crippen molar-refractivity contribution < 1.29 is 42.8 Å². The highest BCUT2D eigenvalue weighted by Crippen LogP contribution is 2.50. The largest absolute Gasteiger partial charge is 0.465 e. The summed E-state index contributed by atoms with van der Waals surface area (Å²) in [7, 11) is 1.44. The predicted octanol–water partition coefficient (Wildman–Crippen LogP) is 5.72. The molecule has 2 aliphatic rings. The maximum Gasteiger partial charge on any atom is 0.323 e. The summed E-state index contributed by atoms with van der Waals surface area (Å²) in [6.07, 6.45) is -0.0212. The Balaban J connectivity index is 1.31. The second-order valence-corrected chi connectivity index (χ2v) is 14.9. The Morgan fingerprint density at radius 1 is 0.679 bits per heavy atom. The van der Waals surface area contributed by atoms with Crippen LogP contribution in [-0.4, -0.2) is 115 Å². The van der Waals surface area contributed by atoms with Gasteiger partial charge in [0.15, 0.2) is 0 Å². The Hall–Kier alpha value is -3.99. The van der Waals surface area contributed by atoms with E-state index in [-0.39, 0.29) is 17.9 Å². The number of halogens is 2. The van der Waals surface area contributed by atoms with Gasteiger partial charge in [-0.1, -0.05) is 49.2 Å². The molecule has 1 atom stereocenters. The lowest BCUT2D eigenvalue weighted by molar-refractivity contribution is -0.150. The topological polar surface area (TPSA) is 158 Å². The lowest BCUT2D eigenvalue weighted by Crippen LogP contribution is -2.62. The van der Waals surface area contributed by atoms with Crippen LogP contribution in [0.5, 0.6) is 5.75 Å². The number of nitrogens with zero attached hydrogens (tertiary/aromatic N) is 1. The number of urea groups is 1. The molecule has 0 aliphatic carbocycles. The highest BCUT2D eigenvalue weighted by atomic mass is 35.5. The van der Waals surface area contributed by atoms with Gasteiger partial charge in [0.05, 0.1) is 71.8 Å². The van der Waals surface area contributed by atoms with Crippen LogP contribution in [0.4, 0.5) is 21.9 Å². The third-order valence-corrected chi connectivity index (χ3v) is 9.71. The van der Waals surface area contributed by atoms with Gasteiger partial charge < -0.3 is 49.7 Å². The van der Waals surface area contributed by atoms with Crippen molar-refractivity contribution in [3.05, 3.63) is 81.8 Å². The zero-order valence-corrected chi connectivity index (χ0v) is 33.6. The molecule has 2 heterocycles. The lowest BCUT2D eigenvalue weighted by Gasteiger charge is -2.44. The predicted molar refractivity (Wildman–Crippen MR) is 215 cm³/mol. The second kappa shape index (κ2) is 21.0. The van der Waals surface area contributed by atoms with Crippen molar-refractivity contribution in [3.63, 3.8) is 0 Å². The quantitative estimate of drug-likeness (QED) is 0.218. The van der Waals surface area contributed by atoms with Gasteiger partial charge in [-0.05, 0) is 59.5 Å². The monoisotopic (exact) mass is 815 g/mol. The van der Waals surface area contributed by atoms with Crippen molar-refractivity contribution >= 4 is 58.1 Å². The summed E-state index contributed by atoms with van der Waals surface area (Å²) in [5.74, 6) is -1.17. The van der Waals surface area contributed by atoms with E-state index < -0.39 is 28.9 Å². The Morgan fingerprint density at radius 3 is 1.86 bits per heavy atom. The van der Waals surface area contributed by atoms with Crippen LogP contribution in [0.3, 0.4) is 0 Å². The average Bonchev–Trinajstić information content (AvgIpc) is 3.16. The fourth-order valence-corrected chi connectivity index (χ4v) is 6.82. The van der Waals surface area contributed by atoms with E-state index in [0.717, 1.165) is 5.56 Å². The Bertz CT molecular complexity index is 1760. The number of benzene rings is 3. The average molecular weight is 817 g/mol. The summed E-state index contributed by atoms with van der Waals surface area (Å²) < 4.78 is 34.7. The Labute approximate surface area is 337 Å². The molecule has 0 saturated carbocycles. The van der Waals surface area contributed by atoms with Crippen molar-refractivity contribution in [1.82, 2.24) is 10.2 Å². The first-order chi connectivity index (χ1) is 27.0. The van der Waals surface area contributed by atoms with Gasteiger partial charge in [0.1, 0.15) is 5.75 Å². The van der Waals surface area contributed by atoms with Crippen molar-refractivity contribution in [2.45, 2.75) is 37.8 Å². The smallest absolute Gasteiger partial charge is 0.323 e. The molecule has 2 aliphatic heterocycles. The number of rotatable bonds is 7. The Morgan fingerprint density at radius 2 is 1.27 bits per heavy atom. The number of carbonyl (C=O) groups is 3. The molecular weight excluding hydrogens is 765 g/mol. The molecule has 0 bridgehead atoms. The summed E-state index contributed by atoms with van der Waals surface area (Å²) in [5.41, 5.74) is -0.109. The van der Waals surface area contributed by atoms with Crippen LogP contribution in [-0.2, 0) is 45.2 Å². The number of nitrogens with one attached hydrogen (secondary N) is 4. The molecule has 14 nitrogen and oxygen atoms in total. The Kier molecular flexibility index (Phi) is 16.1. The molecule has 56 heavy (non-hydrogen) atoms. The summed E-state index contributed by atoms with van der Waals surface area (Å²) in [5, 5.41) is 12.0. The van der Waals surface area contributed by atoms with E-state index in [1.54, 1.807) is 36.4 Å². The molecular formula is C40H51Cl2N5O9. The number of anilines is 3. The van der Waals surface area contributed by atoms with E-state index in [1.165, 1.54) is 13.1 Å². The van der Waals surface area contributed by atoms with E-state index in [1.807, 2.05) is 32.0 Å². The zero-order valence-electron chi connectivity index (χ0n) is 32.1. The van der Waals surface area contributed by atoms with Crippen LogP contribution >= 0.6 is 23.2 Å². The molecule has 3 aromatic rings. The lowest BCUT2D eigenvalue weighted by atomic mass is 9.71. The molecule has 1 saturated heterocycles. The molecule has 4 amide bonds. The van der Waals surface area contributed by atoms with E-state index in [0.29, 0.717) is 113 Å². The molecule has 4 N–H and O–H groups in total. The van der Waals surface area contributed by atoms with Gasteiger partial charge in [-0.2, -0.15) is 0 Å². The standard InChI is InChI=1S/C40H51Cl2N5O9/c1-39(2)27-40(36(48)43-3,56-35-33(39)24-30(42)25-34(35)46-38(50)45-31-9-7-29(41)8-10-31)37(49)44-32-6-4-5-28(23-32)26-47-11-13-51-15-17-53-19-21-55-22-20-54-18-16-52-14-12-47/h4-10,23-25H,11-22,26-27H2,1-3H3,(H,43,48)(H,44,49)(H2,45,46,50)/t40-/m1/s1. The van der Waals surface area contributed by atoms with Gasteiger partial charge in [0.25, 0.3) is 17.4 Å². The molecule has 5 rings (SSSR count). The summed E-state index contributed by atoms with van der Waals surface area (Å²) >= 11 is 12.5. The van der Waals surface area contributed by atoms with Crippen LogP contribution in [0.15, 0.2) is 60.7 Å². The number of hydrogen-bond acceptors (Lipinski definition) is 10. The zero-order chi connectivity index (χ0) is 40.0. The van der Waals surface area contributed by atoms with Gasteiger partial charge >= 0.3 is 6.03 Å². The highest BCUT2D eigenvalue weighted by Gasteiger charge is 2.56. The first-order valence-corrected chi connectivity index (χ1v) is 19.3. The number of fused-ring (bicyclic) bond motifs is 1. The van der Waals surface area contributed by atoms with Crippen LogP contribution in [0.1, 0.15) is 31.4 Å². The fraction of sp³-hybridized carbons (Fsp3) is 0.475. The van der Waals surface area contributed by atoms with Crippen LogP contribution in [0, 0.1) is 0 Å². The van der Waals surface area contributed by atoms with Gasteiger partial charge in [-0.15, -0.1) is 0 Å². The number of hydrogen-bond donors (Lipinski definition) is 4. The van der Waals surface area contributed by atoms with Crippen LogP contribution < -0.4 is 26.0 Å². The number of carbonyl (C=O) groups excluding carboxylic acids is 3. The van der Waals surface area contributed by atoms with E-state index in [2.05, 4.69) is 26.2 Å². The number of ether oxygens (including phenoxy) is 6. The minimum Gasteiger partial charge on any atom is -0.465 e. The first-order valence-electron chi connectivity index (χ1n) is 18.6. The van der Waals surface area contributed by atoms with Crippen LogP contribution in [0.2, 0.25) is 10.0 Å². The summed E-state index contributed by atoms with van der Waals surface area (Å²) in [4.78, 5) is 43.6. The van der Waals surface area contributed by atoms with E-state index in [9.17, 15) is 14.4 Å². The third kappa shape index (κ3) is 12.3. The summed E-state index contributed by atoms with van der Waals surface area (Å²) in [6, 6.07) is 16.7. The molecule has 3 aromatic carbocycles. The molecule has 0 unspecified atom stereocenters. The number of likely N-dealkylation sites (N-methyl/N-ethyl adjacent to an activating group) is 1. The van der Waals surface area contributed by atoms with Gasteiger partial charge in [-0.25, -0.2) is 4.79 Å². The maximum atomic E-state index is 14.4. The minimum absolute atomic E-state index is 0.0212. The molecule has 0 spiro atoms. The molecule has 1 fully saturated rings. The maximum absolute atomic E-state index is 14.4. The van der Waals surface area contributed by atoms with Crippen molar-refractivity contribution in [2.75, 3.05) is 102 Å². The van der Waals surface area contributed by atoms with Crippen LogP contribution in [0.25, 0.3) is 0 Å². The SMILES string of the molecule is CNC(=O)[C@@]1(C(=O)Nc2cccc(CN3CCOCCOCCOCCOCCOCC3)c2)CC(C)(C)c2cc(Cl)cc(NC(=O)Nc3ccc(Cl)cc3)c2O1. The first kappa shape index (κ1) is 43.1. The molecule has 304 valence electrons. The number of amides is 4. The van der Waals surface area contributed by atoms with E-state index in [4.69, 9.17) is 51.6 Å². The van der Waals surface area contributed by atoms with Crippen molar-refractivity contribution in [1.29, 1.82) is 0 Å².